The normalized spacial score (nSPS) is 33.9. The molecule has 0 aromatic heterocycles. The zero-order valence-electron chi connectivity index (χ0n) is 13.8. The number of carbonyl (C=O) groups excluding carboxylic acids is 1. The summed E-state index contributed by atoms with van der Waals surface area (Å²) < 4.78 is 0. The number of rotatable bonds is 1. The van der Waals surface area contributed by atoms with Crippen LogP contribution >= 0.6 is 0 Å². The maximum Gasteiger partial charge on any atom is 0.173 e. The number of benzene rings is 1. The Morgan fingerprint density at radius 1 is 1.08 bits per heavy atom. The van der Waals surface area contributed by atoms with Gasteiger partial charge in [-0.25, -0.2) is 0 Å². The predicted octanol–water partition coefficient (Wildman–Crippen LogP) is 2.28. The lowest BCUT2D eigenvalue weighted by Crippen LogP contribution is -2.37. The van der Waals surface area contributed by atoms with Gasteiger partial charge in [-0.2, -0.15) is 0 Å². The standard InChI is InChI=1S/C20H23N3O/c21-18-3-1-2-16-15-5-4-14(12-17(15)20(24)19(16)18)23-11-10-22-8-6-13(23)7-9-22/h1-5,12-13,16,19H,6-11,21H2. The molecule has 4 heteroatoms. The van der Waals surface area contributed by atoms with Gasteiger partial charge in [0, 0.05) is 55.1 Å². The van der Waals surface area contributed by atoms with Crippen LogP contribution in [0.15, 0.2) is 42.1 Å². The van der Waals surface area contributed by atoms with Crippen LogP contribution in [0.5, 0.6) is 0 Å². The maximum atomic E-state index is 12.9. The molecule has 3 saturated heterocycles. The summed E-state index contributed by atoms with van der Waals surface area (Å²) in [6, 6.07) is 7.12. The Kier molecular flexibility index (Phi) is 3.10. The van der Waals surface area contributed by atoms with Crippen LogP contribution in [0.25, 0.3) is 0 Å². The number of hydrogen-bond acceptors (Lipinski definition) is 4. The number of fused-ring (bicyclic) bond motifs is 7. The number of nitrogens with zero attached hydrogens (tertiary/aromatic N) is 2. The number of hydrogen-bond donors (Lipinski definition) is 1. The summed E-state index contributed by atoms with van der Waals surface area (Å²) in [4.78, 5) is 18.0. The van der Waals surface area contributed by atoms with E-state index < -0.39 is 0 Å². The zero-order valence-corrected chi connectivity index (χ0v) is 13.8. The molecule has 2 aliphatic carbocycles. The van der Waals surface area contributed by atoms with Gasteiger partial charge in [0.05, 0.1) is 5.92 Å². The van der Waals surface area contributed by atoms with Crippen molar-refractivity contribution in [3.8, 4) is 0 Å². The molecule has 0 spiro atoms. The smallest absolute Gasteiger partial charge is 0.173 e. The van der Waals surface area contributed by atoms with E-state index >= 15 is 0 Å². The first-order valence-corrected chi connectivity index (χ1v) is 9.03. The molecule has 3 heterocycles. The second kappa shape index (κ2) is 5.21. The minimum Gasteiger partial charge on any atom is -0.401 e. The number of allylic oxidation sites excluding steroid dienone is 4. The SMILES string of the molecule is NC1=CC=CC2c3ccc(N4CCN5CCC4CC5)cc3C(=O)C12. The molecule has 5 aliphatic rings. The van der Waals surface area contributed by atoms with Crippen molar-refractivity contribution < 1.29 is 4.79 Å². The highest BCUT2D eigenvalue weighted by molar-refractivity contribution is 6.06. The van der Waals surface area contributed by atoms with Crippen molar-refractivity contribution in [2.45, 2.75) is 24.8 Å². The van der Waals surface area contributed by atoms with Gasteiger partial charge in [-0.15, -0.1) is 0 Å². The van der Waals surface area contributed by atoms with Crippen LogP contribution in [0.1, 0.15) is 34.7 Å². The highest BCUT2D eigenvalue weighted by Gasteiger charge is 2.41. The molecule has 0 amide bonds. The molecule has 1 aromatic rings. The summed E-state index contributed by atoms with van der Waals surface area (Å²) in [5.74, 6) is 0.127. The molecule has 2 unspecified atom stereocenters. The Bertz CT molecular complexity index is 758. The summed E-state index contributed by atoms with van der Waals surface area (Å²) in [6.07, 6.45) is 8.43. The molecule has 4 nitrogen and oxygen atoms in total. The van der Waals surface area contributed by atoms with E-state index in [0.717, 1.165) is 24.2 Å². The van der Waals surface area contributed by atoms with Gasteiger partial charge in [0.2, 0.25) is 0 Å². The van der Waals surface area contributed by atoms with E-state index in [2.05, 4.69) is 34.1 Å². The fraction of sp³-hybridized carbons (Fsp3) is 0.450. The van der Waals surface area contributed by atoms with E-state index in [-0.39, 0.29) is 17.6 Å². The van der Waals surface area contributed by atoms with E-state index in [1.54, 1.807) is 0 Å². The maximum absolute atomic E-state index is 12.9. The topological polar surface area (TPSA) is 49.6 Å². The lowest BCUT2D eigenvalue weighted by Gasteiger charge is -2.33. The quantitative estimate of drug-likeness (QED) is 0.862. The lowest BCUT2D eigenvalue weighted by atomic mass is 9.86. The van der Waals surface area contributed by atoms with Crippen molar-refractivity contribution >= 4 is 11.5 Å². The van der Waals surface area contributed by atoms with E-state index in [4.69, 9.17) is 5.73 Å². The summed E-state index contributed by atoms with van der Waals surface area (Å²) in [6.45, 7) is 4.61. The first-order valence-electron chi connectivity index (χ1n) is 9.03. The summed E-state index contributed by atoms with van der Waals surface area (Å²) >= 11 is 0. The average molecular weight is 321 g/mol. The first-order chi connectivity index (χ1) is 11.7. The number of Topliss-reactive ketones (excluding diaryl/α,β-unsaturated/α-hetero) is 1. The third kappa shape index (κ3) is 1.99. The molecular weight excluding hydrogens is 298 g/mol. The van der Waals surface area contributed by atoms with E-state index in [9.17, 15) is 4.79 Å². The summed E-state index contributed by atoms with van der Waals surface area (Å²) in [5, 5.41) is 0. The number of piperidine rings is 1. The van der Waals surface area contributed by atoms with E-state index in [1.807, 2.05) is 12.2 Å². The molecule has 6 rings (SSSR count). The predicted molar refractivity (Wildman–Crippen MR) is 95.2 cm³/mol. The monoisotopic (exact) mass is 321 g/mol. The van der Waals surface area contributed by atoms with Crippen LogP contribution in [0.2, 0.25) is 0 Å². The zero-order chi connectivity index (χ0) is 16.3. The third-order valence-electron chi connectivity index (χ3n) is 6.26. The number of ketones is 1. The number of carbonyl (C=O) groups is 1. The van der Waals surface area contributed by atoms with Crippen LogP contribution in [0.3, 0.4) is 0 Å². The van der Waals surface area contributed by atoms with Gasteiger partial charge in [0.15, 0.2) is 5.78 Å². The van der Waals surface area contributed by atoms with Crippen molar-refractivity contribution in [2.24, 2.45) is 11.7 Å². The highest BCUT2D eigenvalue weighted by atomic mass is 16.1. The largest absolute Gasteiger partial charge is 0.401 e. The minimum atomic E-state index is -0.189. The fourth-order valence-electron chi connectivity index (χ4n) is 4.93. The second-order valence-electron chi connectivity index (χ2n) is 7.46. The Morgan fingerprint density at radius 2 is 1.92 bits per heavy atom. The van der Waals surface area contributed by atoms with Crippen molar-refractivity contribution in [2.75, 3.05) is 31.1 Å². The van der Waals surface area contributed by atoms with Crippen molar-refractivity contribution in [3.05, 3.63) is 53.3 Å². The van der Waals surface area contributed by atoms with E-state index in [0.29, 0.717) is 11.7 Å². The van der Waals surface area contributed by atoms with Gasteiger partial charge in [-0.05, 0) is 36.6 Å². The second-order valence-corrected chi connectivity index (χ2v) is 7.46. The molecule has 3 aliphatic heterocycles. The summed E-state index contributed by atoms with van der Waals surface area (Å²) in [5.41, 5.74) is 10.0. The van der Waals surface area contributed by atoms with Crippen LogP contribution in [-0.4, -0.2) is 42.9 Å². The van der Waals surface area contributed by atoms with Gasteiger partial charge in [0.1, 0.15) is 0 Å². The minimum absolute atomic E-state index is 0.123. The molecule has 24 heavy (non-hydrogen) atoms. The molecule has 2 bridgehead atoms. The van der Waals surface area contributed by atoms with Gasteiger partial charge in [0.25, 0.3) is 0 Å². The fourth-order valence-corrected chi connectivity index (χ4v) is 4.93. The van der Waals surface area contributed by atoms with Gasteiger partial charge in [-0.3, -0.25) is 4.79 Å². The van der Waals surface area contributed by atoms with Gasteiger partial charge >= 0.3 is 0 Å². The Morgan fingerprint density at radius 3 is 2.75 bits per heavy atom. The van der Waals surface area contributed by atoms with Crippen LogP contribution in [-0.2, 0) is 0 Å². The van der Waals surface area contributed by atoms with Crippen LogP contribution in [0.4, 0.5) is 5.69 Å². The molecular formula is C20H23N3O. The van der Waals surface area contributed by atoms with E-state index in [1.165, 1.54) is 31.6 Å². The molecule has 0 saturated carbocycles. The molecule has 2 N–H and O–H groups in total. The lowest BCUT2D eigenvalue weighted by molar-refractivity contribution is 0.0948. The van der Waals surface area contributed by atoms with Crippen molar-refractivity contribution in [1.82, 2.24) is 4.90 Å². The Labute approximate surface area is 142 Å². The van der Waals surface area contributed by atoms with Gasteiger partial charge in [-0.1, -0.05) is 18.2 Å². The first kappa shape index (κ1) is 14.3. The molecule has 124 valence electrons. The highest BCUT2D eigenvalue weighted by Crippen LogP contribution is 2.44. The van der Waals surface area contributed by atoms with Crippen molar-refractivity contribution in [3.63, 3.8) is 0 Å². The number of anilines is 1. The van der Waals surface area contributed by atoms with Crippen LogP contribution < -0.4 is 10.6 Å². The Hall–Kier alpha value is -2.07. The number of nitrogens with two attached hydrogens (primary N) is 1. The summed E-state index contributed by atoms with van der Waals surface area (Å²) in [7, 11) is 0. The van der Waals surface area contributed by atoms with Crippen molar-refractivity contribution in [1.29, 1.82) is 0 Å². The molecule has 2 atom stereocenters. The third-order valence-corrected chi connectivity index (χ3v) is 6.26. The molecule has 1 aromatic carbocycles. The Balaban J connectivity index is 1.53. The van der Waals surface area contributed by atoms with Gasteiger partial charge < -0.3 is 15.5 Å². The molecule has 0 radical (unpaired) electrons. The molecule has 3 fully saturated rings. The average Bonchev–Trinajstić information content (AvgIpc) is 2.78. The van der Waals surface area contributed by atoms with Crippen LogP contribution in [0, 0.1) is 5.92 Å².